The number of piperazine rings is 1. The molecule has 2 heterocycles. The molecule has 1 fully saturated rings. The number of sulfonamides is 2. The lowest BCUT2D eigenvalue weighted by Gasteiger charge is -2.33. The molecule has 1 aromatic heterocycles. The van der Waals surface area contributed by atoms with Crippen molar-refractivity contribution >= 4 is 46.7 Å². The molecule has 0 unspecified atom stereocenters. The van der Waals surface area contributed by atoms with Gasteiger partial charge in [0, 0.05) is 40.3 Å². The maximum atomic E-state index is 13.0. The zero-order valence-electron chi connectivity index (χ0n) is 16.6. The van der Waals surface area contributed by atoms with Crippen LogP contribution in [0, 0.1) is 0 Å². The molecule has 30 heavy (non-hydrogen) atoms. The Hall–Kier alpha value is -2.05. The van der Waals surface area contributed by atoms with Crippen LogP contribution < -0.4 is 4.90 Å². The Morgan fingerprint density at radius 2 is 1.47 bits per heavy atom. The Balaban J connectivity index is 1.48. The van der Waals surface area contributed by atoms with E-state index in [1.165, 1.54) is 42.7 Å². The molecule has 1 aliphatic heterocycles. The first kappa shape index (κ1) is 21.2. The van der Waals surface area contributed by atoms with E-state index in [1.807, 2.05) is 24.3 Å². The summed E-state index contributed by atoms with van der Waals surface area (Å²) in [7, 11) is -4.42. The predicted octanol–water partition coefficient (Wildman–Crippen LogP) is 2.06. The number of hydrogen-bond acceptors (Lipinski definition) is 7. The molecule has 160 valence electrons. The highest BCUT2D eigenvalue weighted by atomic mass is 32.2. The first-order valence-electron chi connectivity index (χ1n) is 9.33. The van der Waals surface area contributed by atoms with Crippen LogP contribution in [0.25, 0.3) is 10.2 Å². The lowest BCUT2D eigenvalue weighted by Crippen LogP contribution is -2.48. The summed E-state index contributed by atoms with van der Waals surface area (Å²) in [6, 6.07) is 13.3. The second-order valence-corrected chi connectivity index (χ2v) is 12.2. The molecule has 1 saturated heterocycles. The van der Waals surface area contributed by atoms with Crippen molar-refractivity contribution in [1.29, 1.82) is 0 Å². The molecular weight excluding hydrogens is 444 g/mol. The van der Waals surface area contributed by atoms with Crippen LogP contribution in [-0.4, -0.2) is 70.7 Å². The summed E-state index contributed by atoms with van der Waals surface area (Å²) in [5.41, 5.74) is 0.945. The number of anilines is 1. The van der Waals surface area contributed by atoms with Crippen molar-refractivity contribution in [3.63, 3.8) is 0 Å². The second kappa shape index (κ2) is 7.89. The third-order valence-corrected chi connectivity index (χ3v) is 9.87. The highest BCUT2D eigenvalue weighted by molar-refractivity contribution is 7.89. The molecule has 1 aliphatic rings. The molecule has 0 radical (unpaired) electrons. The molecule has 0 atom stereocenters. The van der Waals surface area contributed by atoms with Crippen LogP contribution in [-0.2, 0) is 20.0 Å². The van der Waals surface area contributed by atoms with Crippen molar-refractivity contribution in [3.8, 4) is 0 Å². The number of fused-ring (bicyclic) bond motifs is 1. The zero-order chi connectivity index (χ0) is 21.5. The Kier molecular flexibility index (Phi) is 5.58. The van der Waals surface area contributed by atoms with Gasteiger partial charge in [-0.05, 0) is 36.4 Å². The van der Waals surface area contributed by atoms with E-state index >= 15 is 0 Å². The fraction of sp³-hybridized carbons (Fsp3) is 0.316. The molecule has 3 aromatic rings. The van der Waals surface area contributed by atoms with Gasteiger partial charge in [0.2, 0.25) is 20.0 Å². The highest BCUT2D eigenvalue weighted by Crippen LogP contribution is 2.30. The lowest BCUT2D eigenvalue weighted by molar-refractivity contribution is 0.385. The Bertz CT molecular complexity index is 1230. The molecule has 8 nitrogen and oxygen atoms in total. The van der Waals surface area contributed by atoms with Gasteiger partial charge in [-0.15, -0.1) is 0 Å². The molecule has 2 aromatic carbocycles. The van der Waals surface area contributed by atoms with E-state index in [1.54, 1.807) is 11.3 Å². The molecule has 11 heteroatoms. The third kappa shape index (κ3) is 3.83. The standard InChI is InChI=1S/C19H22N4O4S3/c1-21(2)29(24,25)15-7-9-16(10-8-15)30(26,27)23-13-11-22(12-14-23)19-20-17-5-3-4-6-18(17)28-19/h3-10H,11-14H2,1-2H3. The van der Waals surface area contributed by atoms with Gasteiger partial charge in [-0.1, -0.05) is 23.5 Å². The van der Waals surface area contributed by atoms with Crippen molar-refractivity contribution < 1.29 is 16.8 Å². The number of benzene rings is 2. The largest absolute Gasteiger partial charge is 0.345 e. The van der Waals surface area contributed by atoms with Crippen molar-refractivity contribution in [2.24, 2.45) is 0 Å². The smallest absolute Gasteiger partial charge is 0.243 e. The molecule has 0 aliphatic carbocycles. The van der Waals surface area contributed by atoms with Crippen LogP contribution in [0.1, 0.15) is 0 Å². The number of para-hydroxylation sites is 1. The average Bonchev–Trinajstić information content (AvgIpc) is 3.18. The van der Waals surface area contributed by atoms with Gasteiger partial charge in [-0.25, -0.2) is 26.1 Å². The average molecular weight is 467 g/mol. The minimum atomic E-state index is -3.69. The molecule has 4 rings (SSSR count). The van der Waals surface area contributed by atoms with E-state index in [0.717, 1.165) is 19.7 Å². The van der Waals surface area contributed by atoms with Crippen LogP contribution in [0.4, 0.5) is 5.13 Å². The van der Waals surface area contributed by atoms with Crippen LogP contribution in [0.3, 0.4) is 0 Å². The van der Waals surface area contributed by atoms with E-state index in [4.69, 9.17) is 0 Å². The number of hydrogen-bond donors (Lipinski definition) is 0. The highest BCUT2D eigenvalue weighted by Gasteiger charge is 2.30. The van der Waals surface area contributed by atoms with Crippen LogP contribution in [0.5, 0.6) is 0 Å². The van der Waals surface area contributed by atoms with Gasteiger partial charge in [0.1, 0.15) is 0 Å². The predicted molar refractivity (Wildman–Crippen MR) is 118 cm³/mol. The minimum absolute atomic E-state index is 0.0621. The van der Waals surface area contributed by atoms with Crippen molar-refractivity contribution in [1.82, 2.24) is 13.6 Å². The van der Waals surface area contributed by atoms with E-state index < -0.39 is 20.0 Å². The zero-order valence-corrected chi connectivity index (χ0v) is 19.0. The summed E-state index contributed by atoms with van der Waals surface area (Å²) >= 11 is 1.60. The van der Waals surface area contributed by atoms with Gasteiger partial charge < -0.3 is 4.90 Å². The van der Waals surface area contributed by atoms with Crippen molar-refractivity contribution in [2.75, 3.05) is 45.2 Å². The van der Waals surface area contributed by atoms with Gasteiger partial charge in [0.15, 0.2) is 5.13 Å². The van der Waals surface area contributed by atoms with E-state index in [0.29, 0.717) is 26.2 Å². The summed E-state index contributed by atoms with van der Waals surface area (Å²) in [6.07, 6.45) is 0. The van der Waals surface area contributed by atoms with Gasteiger partial charge >= 0.3 is 0 Å². The van der Waals surface area contributed by atoms with E-state index in [-0.39, 0.29) is 9.79 Å². The summed E-state index contributed by atoms with van der Waals surface area (Å²) < 4.78 is 54.0. The number of thiazole rings is 1. The number of nitrogens with zero attached hydrogens (tertiary/aromatic N) is 4. The van der Waals surface area contributed by atoms with Gasteiger partial charge in [0.25, 0.3) is 0 Å². The number of aromatic nitrogens is 1. The fourth-order valence-electron chi connectivity index (χ4n) is 3.26. The molecule has 0 bridgehead atoms. The van der Waals surface area contributed by atoms with Crippen molar-refractivity contribution in [2.45, 2.75) is 9.79 Å². The first-order valence-corrected chi connectivity index (χ1v) is 13.0. The van der Waals surface area contributed by atoms with Crippen LogP contribution >= 0.6 is 11.3 Å². The Labute approximate surface area is 180 Å². The fourth-order valence-corrected chi connectivity index (χ4v) is 6.60. The minimum Gasteiger partial charge on any atom is -0.345 e. The summed E-state index contributed by atoms with van der Waals surface area (Å²) in [5, 5.41) is 0.895. The quantitative estimate of drug-likeness (QED) is 0.572. The molecule has 0 saturated carbocycles. The SMILES string of the molecule is CN(C)S(=O)(=O)c1ccc(S(=O)(=O)N2CCN(c3nc4ccccc4s3)CC2)cc1. The second-order valence-electron chi connectivity index (χ2n) is 7.11. The number of rotatable bonds is 5. The summed E-state index contributed by atoms with van der Waals surface area (Å²) in [5.74, 6) is 0. The molecule has 0 amide bonds. The van der Waals surface area contributed by atoms with Crippen LogP contribution in [0.2, 0.25) is 0 Å². The Morgan fingerprint density at radius 1 is 0.867 bits per heavy atom. The van der Waals surface area contributed by atoms with Crippen LogP contribution in [0.15, 0.2) is 58.3 Å². The lowest BCUT2D eigenvalue weighted by atomic mass is 10.3. The third-order valence-electron chi connectivity index (χ3n) is 5.03. The first-order chi connectivity index (χ1) is 14.2. The van der Waals surface area contributed by atoms with E-state index in [2.05, 4.69) is 9.88 Å². The monoisotopic (exact) mass is 466 g/mol. The normalized spacial score (nSPS) is 16.4. The maximum Gasteiger partial charge on any atom is 0.243 e. The van der Waals surface area contributed by atoms with Crippen molar-refractivity contribution in [3.05, 3.63) is 48.5 Å². The van der Waals surface area contributed by atoms with Gasteiger partial charge in [-0.3, -0.25) is 0 Å². The van der Waals surface area contributed by atoms with E-state index in [9.17, 15) is 16.8 Å². The summed E-state index contributed by atoms with van der Waals surface area (Å²) in [4.78, 5) is 6.90. The molecule has 0 spiro atoms. The van der Waals surface area contributed by atoms with Gasteiger partial charge in [-0.2, -0.15) is 4.31 Å². The maximum absolute atomic E-state index is 13.0. The molecular formula is C19H22N4O4S3. The molecule has 0 N–H and O–H groups in total. The Morgan fingerprint density at radius 3 is 2.07 bits per heavy atom. The van der Waals surface area contributed by atoms with Gasteiger partial charge in [0.05, 0.1) is 20.0 Å². The topological polar surface area (TPSA) is 90.9 Å². The summed E-state index contributed by atoms with van der Waals surface area (Å²) in [6.45, 7) is 1.78.